The molecule has 2 aromatic rings. The zero-order chi connectivity index (χ0) is 19.4. The molecule has 0 saturated carbocycles. The van der Waals surface area contributed by atoms with Gasteiger partial charge < -0.3 is 19.9 Å². The largest absolute Gasteiger partial charge is 0.450 e. The lowest BCUT2D eigenvalue weighted by Crippen LogP contribution is -2.49. The first-order valence-corrected chi connectivity index (χ1v) is 9.33. The zero-order valence-electron chi connectivity index (χ0n) is 16.5. The minimum absolute atomic E-state index is 0.242. The van der Waals surface area contributed by atoms with Crippen molar-refractivity contribution in [1.29, 1.82) is 0 Å². The van der Waals surface area contributed by atoms with Gasteiger partial charge in [-0.1, -0.05) is 18.2 Å². The van der Waals surface area contributed by atoms with Crippen LogP contribution in [0.4, 0.5) is 22.2 Å². The van der Waals surface area contributed by atoms with Crippen LogP contribution in [0.1, 0.15) is 23.7 Å². The van der Waals surface area contributed by atoms with Gasteiger partial charge in [0.2, 0.25) is 5.95 Å². The summed E-state index contributed by atoms with van der Waals surface area (Å²) >= 11 is 0. The summed E-state index contributed by atoms with van der Waals surface area (Å²) in [6.45, 7) is 11.0. The van der Waals surface area contributed by atoms with Gasteiger partial charge in [-0.05, 0) is 38.8 Å². The molecular weight excluding hydrogens is 342 g/mol. The van der Waals surface area contributed by atoms with Gasteiger partial charge in [0.25, 0.3) is 0 Å². The van der Waals surface area contributed by atoms with E-state index in [1.807, 2.05) is 26.0 Å². The molecule has 0 radical (unpaired) electrons. The van der Waals surface area contributed by atoms with E-state index in [1.54, 1.807) is 4.90 Å². The molecule has 7 heteroatoms. The van der Waals surface area contributed by atoms with E-state index in [1.165, 1.54) is 0 Å². The zero-order valence-corrected chi connectivity index (χ0v) is 16.5. The lowest BCUT2D eigenvalue weighted by Gasteiger charge is -2.34. The molecule has 7 nitrogen and oxygen atoms in total. The summed E-state index contributed by atoms with van der Waals surface area (Å²) in [6.07, 6.45) is -0.242. The average Bonchev–Trinajstić information content (AvgIpc) is 2.65. The Kier molecular flexibility index (Phi) is 5.78. The van der Waals surface area contributed by atoms with Gasteiger partial charge in [0, 0.05) is 43.6 Å². The predicted octanol–water partition coefficient (Wildman–Crippen LogP) is 3.42. The van der Waals surface area contributed by atoms with Crippen molar-refractivity contribution in [2.24, 2.45) is 0 Å². The molecule has 0 bridgehead atoms. The lowest BCUT2D eigenvalue weighted by atomic mass is 10.1. The van der Waals surface area contributed by atoms with Gasteiger partial charge in [-0.2, -0.15) is 4.98 Å². The number of piperazine rings is 1. The minimum Gasteiger partial charge on any atom is -0.450 e. The Hall–Kier alpha value is -2.83. The third kappa shape index (κ3) is 4.48. The van der Waals surface area contributed by atoms with Crippen LogP contribution in [0.25, 0.3) is 0 Å². The third-order valence-corrected chi connectivity index (χ3v) is 4.69. The van der Waals surface area contributed by atoms with E-state index >= 15 is 0 Å². The second-order valence-electron chi connectivity index (χ2n) is 6.76. The van der Waals surface area contributed by atoms with Gasteiger partial charge >= 0.3 is 6.09 Å². The van der Waals surface area contributed by atoms with Crippen LogP contribution >= 0.6 is 0 Å². The van der Waals surface area contributed by atoms with E-state index in [-0.39, 0.29) is 6.09 Å². The average molecular weight is 369 g/mol. The maximum atomic E-state index is 11.9. The number of hydrogen-bond donors (Lipinski definition) is 1. The number of hydrogen-bond acceptors (Lipinski definition) is 6. The summed E-state index contributed by atoms with van der Waals surface area (Å²) in [5, 5.41) is 3.37. The number of ether oxygens (including phenoxy) is 1. The molecule has 1 amide bonds. The molecule has 3 rings (SSSR count). The number of aromatic nitrogens is 2. The van der Waals surface area contributed by atoms with Gasteiger partial charge in [0.05, 0.1) is 6.61 Å². The highest BCUT2D eigenvalue weighted by Crippen LogP contribution is 2.24. The number of para-hydroxylation sites is 1. The second-order valence-corrected chi connectivity index (χ2v) is 6.76. The van der Waals surface area contributed by atoms with Crippen LogP contribution in [-0.4, -0.2) is 53.7 Å². The van der Waals surface area contributed by atoms with Crippen LogP contribution in [0.2, 0.25) is 0 Å². The topological polar surface area (TPSA) is 70.6 Å². The molecule has 1 aliphatic heterocycles. The molecule has 1 aromatic heterocycles. The Bertz CT molecular complexity index is 796. The maximum absolute atomic E-state index is 11.9. The summed E-state index contributed by atoms with van der Waals surface area (Å²) in [7, 11) is 0. The van der Waals surface area contributed by atoms with Gasteiger partial charge in [0.1, 0.15) is 5.82 Å². The van der Waals surface area contributed by atoms with Gasteiger partial charge in [-0.3, -0.25) is 0 Å². The SMILES string of the molecule is CCOC(=O)N1CCN(c2cc(C)nc(Nc3c(C)cccc3C)n2)CC1. The Balaban J connectivity index is 1.74. The van der Waals surface area contributed by atoms with E-state index in [0.29, 0.717) is 25.6 Å². The summed E-state index contributed by atoms with van der Waals surface area (Å²) in [4.78, 5) is 25.0. The highest BCUT2D eigenvalue weighted by Gasteiger charge is 2.23. The summed E-state index contributed by atoms with van der Waals surface area (Å²) in [6, 6.07) is 8.17. The number of carbonyl (C=O) groups excluding carboxylic acids is 1. The number of benzene rings is 1. The molecule has 1 saturated heterocycles. The fourth-order valence-electron chi connectivity index (χ4n) is 3.23. The van der Waals surface area contributed by atoms with Crippen molar-refractivity contribution in [3.05, 3.63) is 41.1 Å². The molecule has 1 N–H and O–H groups in total. The molecule has 144 valence electrons. The maximum Gasteiger partial charge on any atom is 0.409 e. The van der Waals surface area contributed by atoms with Crippen molar-refractivity contribution < 1.29 is 9.53 Å². The summed E-state index contributed by atoms with van der Waals surface area (Å²) < 4.78 is 5.08. The number of nitrogens with one attached hydrogen (secondary N) is 1. The molecule has 1 fully saturated rings. The summed E-state index contributed by atoms with van der Waals surface area (Å²) in [5.41, 5.74) is 4.26. The predicted molar refractivity (Wildman–Crippen MR) is 107 cm³/mol. The van der Waals surface area contributed by atoms with Gasteiger partial charge in [-0.15, -0.1) is 0 Å². The third-order valence-electron chi connectivity index (χ3n) is 4.69. The van der Waals surface area contributed by atoms with Crippen molar-refractivity contribution >= 4 is 23.5 Å². The van der Waals surface area contributed by atoms with Crippen molar-refractivity contribution in [3.63, 3.8) is 0 Å². The van der Waals surface area contributed by atoms with Crippen molar-refractivity contribution in [3.8, 4) is 0 Å². The first-order valence-electron chi connectivity index (χ1n) is 9.33. The second kappa shape index (κ2) is 8.24. The first-order chi connectivity index (χ1) is 13.0. The van der Waals surface area contributed by atoms with E-state index in [0.717, 1.165) is 41.4 Å². The van der Waals surface area contributed by atoms with E-state index in [2.05, 4.69) is 41.2 Å². The Labute approximate surface area is 160 Å². The van der Waals surface area contributed by atoms with Crippen molar-refractivity contribution in [2.75, 3.05) is 43.0 Å². The molecule has 2 heterocycles. The quantitative estimate of drug-likeness (QED) is 0.890. The van der Waals surface area contributed by atoms with Crippen LogP contribution in [0.5, 0.6) is 0 Å². The van der Waals surface area contributed by atoms with Crippen LogP contribution in [0, 0.1) is 20.8 Å². The van der Waals surface area contributed by atoms with Gasteiger partial charge in [0.15, 0.2) is 0 Å². The molecule has 0 unspecified atom stereocenters. The number of anilines is 3. The Morgan fingerprint density at radius 3 is 2.41 bits per heavy atom. The highest BCUT2D eigenvalue weighted by molar-refractivity contribution is 5.68. The molecule has 0 aliphatic carbocycles. The Morgan fingerprint density at radius 2 is 1.78 bits per heavy atom. The van der Waals surface area contributed by atoms with E-state index in [9.17, 15) is 4.79 Å². The van der Waals surface area contributed by atoms with E-state index < -0.39 is 0 Å². The fourth-order valence-corrected chi connectivity index (χ4v) is 3.23. The molecule has 1 aliphatic rings. The number of amides is 1. The number of carbonyl (C=O) groups is 1. The molecular formula is C20H27N5O2. The first kappa shape index (κ1) is 18.9. The van der Waals surface area contributed by atoms with Crippen molar-refractivity contribution in [2.45, 2.75) is 27.7 Å². The van der Waals surface area contributed by atoms with E-state index in [4.69, 9.17) is 9.72 Å². The van der Waals surface area contributed by atoms with Crippen LogP contribution in [0.3, 0.4) is 0 Å². The molecule has 27 heavy (non-hydrogen) atoms. The highest BCUT2D eigenvalue weighted by atomic mass is 16.6. The normalized spacial score (nSPS) is 14.2. The number of rotatable bonds is 4. The minimum atomic E-state index is -0.242. The molecule has 1 aromatic carbocycles. The van der Waals surface area contributed by atoms with Gasteiger partial charge in [-0.25, -0.2) is 9.78 Å². The standard InChI is InChI=1S/C20H27N5O2/c1-5-27-20(26)25-11-9-24(10-12-25)17-13-16(4)21-19(22-17)23-18-14(2)7-6-8-15(18)3/h6-8,13H,5,9-12H2,1-4H3,(H,21,22,23). The smallest absolute Gasteiger partial charge is 0.409 e. The fraction of sp³-hybridized carbons (Fsp3) is 0.450. The molecule has 0 spiro atoms. The summed E-state index contributed by atoms with van der Waals surface area (Å²) in [5.74, 6) is 1.47. The monoisotopic (exact) mass is 369 g/mol. The number of nitrogens with zero attached hydrogens (tertiary/aromatic N) is 4. The van der Waals surface area contributed by atoms with Crippen LogP contribution in [0.15, 0.2) is 24.3 Å². The lowest BCUT2D eigenvalue weighted by molar-refractivity contribution is 0.105. The van der Waals surface area contributed by atoms with Crippen LogP contribution < -0.4 is 10.2 Å². The Morgan fingerprint density at radius 1 is 1.11 bits per heavy atom. The van der Waals surface area contributed by atoms with Crippen LogP contribution in [-0.2, 0) is 4.74 Å². The number of aryl methyl sites for hydroxylation is 3. The molecule has 0 atom stereocenters. The van der Waals surface area contributed by atoms with Crippen molar-refractivity contribution in [1.82, 2.24) is 14.9 Å².